The highest BCUT2D eigenvalue weighted by atomic mass is 16.2. The number of anilines is 2. The number of carbonyl (C=O) groups excluding carboxylic acids is 2. The number of nitrogens with zero attached hydrogens (tertiary/aromatic N) is 1. The van der Waals surface area contributed by atoms with E-state index in [1.54, 1.807) is 0 Å². The summed E-state index contributed by atoms with van der Waals surface area (Å²) in [7, 11) is 0. The van der Waals surface area contributed by atoms with E-state index in [0.717, 1.165) is 27.9 Å². The van der Waals surface area contributed by atoms with Gasteiger partial charge in [-0.1, -0.05) is 62.4 Å². The van der Waals surface area contributed by atoms with Gasteiger partial charge in [0.2, 0.25) is 0 Å². The third-order valence-electron chi connectivity index (χ3n) is 6.08. The molecule has 32 heavy (non-hydrogen) atoms. The first-order valence-corrected chi connectivity index (χ1v) is 10.9. The summed E-state index contributed by atoms with van der Waals surface area (Å²) in [5.41, 5.74) is 7.13. The van der Waals surface area contributed by atoms with Crippen LogP contribution in [0.15, 0.2) is 72.4 Å². The second kappa shape index (κ2) is 8.46. The summed E-state index contributed by atoms with van der Waals surface area (Å²) in [5.74, 6) is -0.236. The summed E-state index contributed by atoms with van der Waals surface area (Å²) in [5, 5.41) is 3.26. The summed E-state index contributed by atoms with van der Waals surface area (Å²) in [4.78, 5) is 28.5. The van der Waals surface area contributed by atoms with Crippen molar-refractivity contribution >= 4 is 28.8 Å². The van der Waals surface area contributed by atoms with Crippen LogP contribution in [0.25, 0.3) is 5.57 Å². The van der Waals surface area contributed by atoms with Gasteiger partial charge in [-0.05, 0) is 72.7 Å². The van der Waals surface area contributed by atoms with E-state index in [9.17, 15) is 9.59 Å². The van der Waals surface area contributed by atoms with Crippen molar-refractivity contribution in [1.29, 1.82) is 0 Å². The monoisotopic (exact) mass is 424 g/mol. The molecule has 4 nitrogen and oxygen atoms in total. The van der Waals surface area contributed by atoms with Gasteiger partial charge in [-0.2, -0.15) is 0 Å². The Balaban J connectivity index is 1.82. The van der Waals surface area contributed by atoms with Crippen LogP contribution in [0.4, 0.5) is 11.4 Å². The zero-order valence-corrected chi connectivity index (χ0v) is 19.2. The van der Waals surface area contributed by atoms with Gasteiger partial charge in [-0.3, -0.25) is 9.59 Å². The number of amides is 2. The molecule has 3 aromatic rings. The molecule has 3 aromatic carbocycles. The molecule has 0 aliphatic carbocycles. The van der Waals surface area contributed by atoms with E-state index in [2.05, 4.69) is 19.2 Å². The Morgan fingerprint density at radius 3 is 2.06 bits per heavy atom. The lowest BCUT2D eigenvalue weighted by Gasteiger charge is -2.17. The molecule has 1 heterocycles. The molecule has 4 rings (SSSR count). The van der Waals surface area contributed by atoms with E-state index in [1.165, 1.54) is 10.5 Å². The van der Waals surface area contributed by atoms with Gasteiger partial charge >= 0.3 is 0 Å². The molecule has 0 radical (unpaired) electrons. The quantitative estimate of drug-likeness (QED) is 0.501. The van der Waals surface area contributed by atoms with E-state index in [1.807, 2.05) is 87.5 Å². The van der Waals surface area contributed by atoms with E-state index < -0.39 is 0 Å². The Kier molecular flexibility index (Phi) is 5.70. The van der Waals surface area contributed by atoms with Crippen molar-refractivity contribution in [3.63, 3.8) is 0 Å². The van der Waals surface area contributed by atoms with Crippen LogP contribution >= 0.6 is 0 Å². The molecule has 0 saturated carbocycles. The van der Waals surface area contributed by atoms with Gasteiger partial charge in [0.15, 0.2) is 0 Å². The number of hydrogen-bond acceptors (Lipinski definition) is 3. The van der Waals surface area contributed by atoms with Crippen LogP contribution in [0.3, 0.4) is 0 Å². The molecule has 4 heteroatoms. The molecule has 0 bridgehead atoms. The van der Waals surface area contributed by atoms with Gasteiger partial charge < -0.3 is 5.32 Å². The number of nitrogens with one attached hydrogen (secondary N) is 1. The van der Waals surface area contributed by atoms with Crippen molar-refractivity contribution in [2.75, 3.05) is 10.2 Å². The van der Waals surface area contributed by atoms with Crippen LogP contribution in [0.2, 0.25) is 0 Å². The van der Waals surface area contributed by atoms with E-state index in [0.29, 0.717) is 22.9 Å². The average molecular weight is 425 g/mol. The predicted molar refractivity (Wildman–Crippen MR) is 131 cm³/mol. The van der Waals surface area contributed by atoms with Crippen LogP contribution < -0.4 is 10.2 Å². The first kappa shape index (κ1) is 21.6. The Morgan fingerprint density at radius 2 is 1.44 bits per heavy atom. The number of rotatable bonds is 5. The van der Waals surface area contributed by atoms with Crippen LogP contribution in [-0.4, -0.2) is 11.8 Å². The highest BCUT2D eigenvalue weighted by molar-refractivity contribution is 6.46. The minimum absolute atomic E-state index is 0.304. The summed E-state index contributed by atoms with van der Waals surface area (Å²) in [6.07, 6.45) is 0. The van der Waals surface area contributed by atoms with Gasteiger partial charge in [0.25, 0.3) is 11.8 Å². The lowest BCUT2D eigenvalue weighted by atomic mass is 9.99. The van der Waals surface area contributed by atoms with E-state index in [-0.39, 0.29) is 11.8 Å². The molecule has 0 spiro atoms. The number of benzene rings is 3. The Morgan fingerprint density at radius 1 is 0.750 bits per heavy atom. The largest absolute Gasteiger partial charge is 0.350 e. The maximum absolute atomic E-state index is 13.6. The van der Waals surface area contributed by atoms with Crippen LogP contribution in [-0.2, 0) is 9.59 Å². The molecular weight excluding hydrogens is 396 g/mol. The topological polar surface area (TPSA) is 49.4 Å². The minimum Gasteiger partial charge on any atom is -0.350 e. The van der Waals surface area contributed by atoms with Crippen LogP contribution in [0.1, 0.15) is 47.6 Å². The Bertz CT molecular complexity index is 1240. The maximum Gasteiger partial charge on any atom is 0.282 e. The number of aryl methyl sites for hydroxylation is 3. The third-order valence-corrected chi connectivity index (χ3v) is 6.08. The highest BCUT2D eigenvalue weighted by Crippen LogP contribution is 2.35. The number of hydrogen-bond donors (Lipinski definition) is 1. The highest BCUT2D eigenvalue weighted by Gasteiger charge is 2.40. The van der Waals surface area contributed by atoms with Crippen molar-refractivity contribution in [2.24, 2.45) is 0 Å². The van der Waals surface area contributed by atoms with Gasteiger partial charge in [-0.15, -0.1) is 0 Å². The first-order chi connectivity index (χ1) is 15.3. The van der Waals surface area contributed by atoms with E-state index in [4.69, 9.17) is 0 Å². The fourth-order valence-electron chi connectivity index (χ4n) is 3.94. The maximum atomic E-state index is 13.6. The SMILES string of the molecule is Cc1ccc(C2=C(Nc3ccc(C(C)C)cc3)C(=O)N(c3ccccc3C)C2=O)cc1C. The minimum atomic E-state index is -0.342. The summed E-state index contributed by atoms with van der Waals surface area (Å²) in [6.45, 7) is 10.2. The smallest absolute Gasteiger partial charge is 0.282 e. The second-order valence-corrected chi connectivity index (χ2v) is 8.68. The first-order valence-electron chi connectivity index (χ1n) is 10.9. The molecule has 0 saturated heterocycles. The van der Waals surface area contributed by atoms with Crippen molar-refractivity contribution in [3.05, 3.63) is 100 Å². The molecular formula is C28H28N2O2. The van der Waals surface area contributed by atoms with Gasteiger partial charge in [-0.25, -0.2) is 4.90 Å². The van der Waals surface area contributed by atoms with Crippen molar-refractivity contribution < 1.29 is 9.59 Å². The molecule has 0 fully saturated rings. The van der Waals surface area contributed by atoms with Gasteiger partial charge in [0, 0.05) is 5.69 Å². The lowest BCUT2D eigenvalue weighted by molar-refractivity contribution is -0.120. The summed E-state index contributed by atoms with van der Waals surface area (Å²) < 4.78 is 0. The number of carbonyl (C=O) groups is 2. The lowest BCUT2D eigenvalue weighted by Crippen LogP contribution is -2.33. The zero-order chi connectivity index (χ0) is 23.0. The predicted octanol–water partition coefficient (Wildman–Crippen LogP) is 6.13. The zero-order valence-electron chi connectivity index (χ0n) is 19.2. The molecule has 0 atom stereocenters. The number of para-hydroxylation sites is 1. The molecule has 2 amide bonds. The summed E-state index contributed by atoms with van der Waals surface area (Å²) in [6, 6.07) is 21.3. The van der Waals surface area contributed by atoms with Crippen LogP contribution in [0, 0.1) is 20.8 Å². The van der Waals surface area contributed by atoms with Gasteiger partial charge in [0.05, 0.1) is 11.3 Å². The average Bonchev–Trinajstić information content (AvgIpc) is 3.00. The Labute approximate surface area is 189 Å². The van der Waals surface area contributed by atoms with Gasteiger partial charge in [0.1, 0.15) is 5.70 Å². The summed E-state index contributed by atoms with van der Waals surface area (Å²) >= 11 is 0. The molecule has 1 aliphatic heterocycles. The number of imide groups is 1. The van der Waals surface area contributed by atoms with E-state index >= 15 is 0 Å². The van der Waals surface area contributed by atoms with Crippen molar-refractivity contribution in [2.45, 2.75) is 40.5 Å². The fraction of sp³-hybridized carbons (Fsp3) is 0.214. The van der Waals surface area contributed by atoms with Crippen molar-refractivity contribution in [3.8, 4) is 0 Å². The molecule has 0 unspecified atom stereocenters. The standard InChI is InChI=1S/C28H28N2O2/c1-17(2)21-12-14-23(15-13-21)29-26-25(22-11-10-18(3)20(5)16-22)27(31)30(28(26)32)24-9-7-6-8-19(24)4/h6-17,29H,1-5H3. The normalized spacial score (nSPS) is 14.0. The second-order valence-electron chi connectivity index (χ2n) is 8.68. The van der Waals surface area contributed by atoms with Crippen molar-refractivity contribution in [1.82, 2.24) is 0 Å². The molecule has 1 aliphatic rings. The fourth-order valence-corrected chi connectivity index (χ4v) is 3.94. The molecule has 1 N–H and O–H groups in total. The Hall–Kier alpha value is -3.66. The van der Waals surface area contributed by atoms with Crippen LogP contribution in [0.5, 0.6) is 0 Å². The third kappa shape index (κ3) is 3.84. The molecule has 0 aromatic heterocycles. The molecule has 162 valence electrons.